The van der Waals surface area contributed by atoms with E-state index in [0.29, 0.717) is 50.9 Å². The highest BCUT2D eigenvalue weighted by Gasteiger charge is 2.31. The van der Waals surface area contributed by atoms with Gasteiger partial charge in [-0.25, -0.2) is 23.4 Å². The number of sulfonamides is 1. The molecule has 4 rings (SSSR count). The molecular weight excluding hydrogens is 444 g/mol. The minimum atomic E-state index is -3.72. The molecule has 0 amide bonds. The minimum absolute atomic E-state index is 0.154. The van der Waals surface area contributed by atoms with Gasteiger partial charge in [-0.15, -0.1) is 0 Å². The van der Waals surface area contributed by atoms with E-state index in [2.05, 4.69) is 19.9 Å². The van der Waals surface area contributed by atoms with Gasteiger partial charge >= 0.3 is 0 Å². The Balaban J connectivity index is 1.50. The maximum atomic E-state index is 13.4. The van der Waals surface area contributed by atoms with Gasteiger partial charge in [-0.2, -0.15) is 4.31 Å². The summed E-state index contributed by atoms with van der Waals surface area (Å²) in [5.74, 6) is 3.19. The van der Waals surface area contributed by atoms with Crippen molar-refractivity contribution in [2.24, 2.45) is 0 Å². The lowest BCUT2D eigenvalue weighted by atomic mass is 10.3. The highest BCUT2D eigenvalue weighted by molar-refractivity contribution is 7.89. The number of benzene rings is 1. The first-order chi connectivity index (χ1) is 15.9. The molecule has 3 aromatic rings. The van der Waals surface area contributed by atoms with Crippen LogP contribution in [0.15, 0.2) is 47.9 Å². The summed E-state index contributed by atoms with van der Waals surface area (Å²) >= 11 is 0. The maximum Gasteiger partial charge on any atom is 0.246 e. The summed E-state index contributed by atoms with van der Waals surface area (Å²) in [5, 5.41) is 0. The Morgan fingerprint density at radius 1 is 0.939 bits per heavy atom. The molecule has 0 N–H and O–H groups in total. The topological polar surface area (TPSA) is 103 Å². The Bertz CT molecular complexity index is 1210. The smallest absolute Gasteiger partial charge is 0.246 e. The van der Waals surface area contributed by atoms with Crippen LogP contribution in [0.2, 0.25) is 0 Å². The molecule has 0 unspecified atom stereocenters. The van der Waals surface area contributed by atoms with Gasteiger partial charge in [0.2, 0.25) is 10.0 Å². The van der Waals surface area contributed by atoms with Crippen LogP contribution in [0.4, 0.5) is 5.82 Å². The molecule has 1 aliphatic heterocycles. The van der Waals surface area contributed by atoms with Gasteiger partial charge in [0.15, 0.2) is 0 Å². The number of hydrogen-bond acceptors (Lipinski definition) is 8. The summed E-state index contributed by atoms with van der Waals surface area (Å²) < 4.78 is 41.3. The Kier molecular flexibility index (Phi) is 6.80. The molecule has 1 aromatic carbocycles. The molecule has 0 aliphatic carbocycles. The zero-order chi connectivity index (χ0) is 23.4. The van der Waals surface area contributed by atoms with E-state index >= 15 is 0 Å². The number of anilines is 1. The number of piperazine rings is 1. The van der Waals surface area contributed by atoms with E-state index in [1.54, 1.807) is 24.4 Å². The SMILES string of the molecule is CCOc1ccc(S(=O)(=O)N2CCN(c3cc(-n4ccnc4C)ncn3)CC2)c(OCC)c1. The highest BCUT2D eigenvalue weighted by Crippen LogP contribution is 2.32. The summed E-state index contributed by atoms with van der Waals surface area (Å²) in [4.78, 5) is 15.2. The van der Waals surface area contributed by atoms with Crippen LogP contribution in [0.3, 0.4) is 0 Å². The van der Waals surface area contributed by atoms with Gasteiger partial charge in [0.1, 0.15) is 40.2 Å². The van der Waals surface area contributed by atoms with Crippen molar-refractivity contribution in [2.75, 3.05) is 44.3 Å². The van der Waals surface area contributed by atoms with Gasteiger partial charge in [-0.05, 0) is 32.9 Å². The molecule has 0 bridgehead atoms. The van der Waals surface area contributed by atoms with E-state index in [-0.39, 0.29) is 4.90 Å². The zero-order valence-corrected chi connectivity index (χ0v) is 19.8. The van der Waals surface area contributed by atoms with E-state index in [1.165, 1.54) is 10.6 Å². The van der Waals surface area contributed by atoms with Crippen molar-refractivity contribution in [3.05, 3.63) is 48.8 Å². The number of nitrogens with zero attached hydrogens (tertiary/aromatic N) is 6. The predicted octanol–water partition coefficient (Wildman–Crippen LogP) is 2.28. The lowest BCUT2D eigenvalue weighted by molar-refractivity contribution is 0.314. The molecule has 0 saturated carbocycles. The molecule has 0 radical (unpaired) electrons. The first kappa shape index (κ1) is 23.0. The normalized spacial score (nSPS) is 14.9. The quantitative estimate of drug-likeness (QED) is 0.492. The maximum absolute atomic E-state index is 13.4. The fraction of sp³-hybridized carbons (Fsp3) is 0.409. The lowest BCUT2D eigenvalue weighted by Crippen LogP contribution is -2.49. The van der Waals surface area contributed by atoms with Crippen LogP contribution in [0, 0.1) is 6.92 Å². The van der Waals surface area contributed by atoms with Gasteiger partial charge in [-0.3, -0.25) is 4.57 Å². The third kappa shape index (κ3) is 4.79. The number of hydrogen-bond donors (Lipinski definition) is 0. The molecule has 3 heterocycles. The molecule has 11 heteroatoms. The summed E-state index contributed by atoms with van der Waals surface area (Å²) in [6.07, 6.45) is 5.08. The highest BCUT2D eigenvalue weighted by atomic mass is 32.2. The molecule has 1 saturated heterocycles. The predicted molar refractivity (Wildman–Crippen MR) is 124 cm³/mol. The molecule has 0 spiro atoms. The molecule has 2 aromatic heterocycles. The summed E-state index contributed by atoms with van der Waals surface area (Å²) in [7, 11) is -3.72. The zero-order valence-electron chi connectivity index (χ0n) is 19.0. The first-order valence-corrected chi connectivity index (χ1v) is 12.3. The number of rotatable bonds is 8. The Hall–Kier alpha value is -3.18. The number of ether oxygens (including phenoxy) is 2. The van der Waals surface area contributed by atoms with Crippen molar-refractivity contribution < 1.29 is 17.9 Å². The second-order valence-corrected chi connectivity index (χ2v) is 9.35. The molecule has 176 valence electrons. The van der Waals surface area contributed by atoms with E-state index in [1.807, 2.05) is 37.6 Å². The Labute approximate surface area is 193 Å². The summed E-state index contributed by atoms with van der Waals surface area (Å²) in [6.45, 7) is 8.16. The average molecular weight is 473 g/mol. The molecule has 33 heavy (non-hydrogen) atoms. The number of aryl methyl sites for hydroxylation is 1. The third-order valence-corrected chi connectivity index (χ3v) is 7.36. The average Bonchev–Trinajstić information content (AvgIpc) is 3.26. The Morgan fingerprint density at radius 3 is 2.33 bits per heavy atom. The van der Waals surface area contributed by atoms with Gasteiger partial charge in [-0.1, -0.05) is 0 Å². The van der Waals surface area contributed by atoms with Crippen LogP contribution >= 0.6 is 0 Å². The molecule has 1 fully saturated rings. The molecule has 10 nitrogen and oxygen atoms in total. The number of aromatic nitrogens is 4. The molecular formula is C22H28N6O4S. The van der Waals surface area contributed by atoms with Crippen LogP contribution < -0.4 is 14.4 Å². The first-order valence-electron chi connectivity index (χ1n) is 10.9. The lowest BCUT2D eigenvalue weighted by Gasteiger charge is -2.35. The van der Waals surface area contributed by atoms with Crippen molar-refractivity contribution in [1.29, 1.82) is 0 Å². The van der Waals surface area contributed by atoms with Gasteiger partial charge in [0.25, 0.3) is 0 Å². The molecule has 1 aliphatic rings. The van der Waals surface area contributed by atoms with Crippen molar-refractivity contribution in [2.45, 2.75) is 25.7 Å². The van der Waals surface area contributed by atoms with Crippen LogP contribution in [0.5, 0.6) is 11.5 Å². The minimum Gasteiger partial charge on any atom is -0.494 e. The number of imidazole rings is 1. The third-order valence-electron chi connectivity index (χ3n) is 5.42. The van der Waals surface area contributed by atoms with Gasteiger partial charge in [0.05, 0.1) is 13.2 Å². The fourth-order valence-corrected chi connectivity index (χ4v) is 5.32. The Morgan fingerprint density at radius 2 is 1.67 bits per heavy atom. The largest absolute Gasteiger partial charge is 0.494 e. The standard InChI is InChI=1S/C22H28N6O4S/c1-4-31-18-6-7-20(19(14-18)32-5-2)33(29,30)27-12-10-26(11-13-27)21-15-22(25-16-24-21)28-9-8-23-17(28)3/h6-9,14-16H,4-5,10-13H2,1-3H3. The fourth-order valence-electron chi connectivity index (χ4n) is 3.78. The second-order valence-electron chi connectivity index (χ2n) is 7.44. The summed E-state index contributed by atoms with van der Waals surface area (Å²) in [5.41, 5.74) is 0. The molecule has 0 atom stereocenters. The van der Waals surface area contributed by atoms with Crippen molar-refractivity contribution in [3.8, 4) is 17.3 Å². The van der Waals surface area contributed by atoms with Crippen LogP contribution in [-0.4, -0.2) is 71.6 Å². The van der Waals surface area contributed by atoms with E-state index in [0.717, 1.165) is 17.5 Å². The van der Waals surface area contributed by atoms with Gasteiger partial charge in [0, 0.05) is 50.7 Å². The van der Waals surface area contributed by atoms with E-state index in [9.17, 15) is 8.42 Å². The van der Waals surface area contributed by atoms with Crippen LogP contribution in [0.1, 0.15) is 19.7 Å². The van der Waals surface area contributed by atoms with Gasteiger partial charge < -0.3 is 14.4 Å². The van der Waals surface area contributed by atoms with Crippen molar-refractivity contribution >= 4 is 15.8 Å². The second kappa shape index (κ2) is 9.75. The van der Waals surface area contributed by atoms with E-state index < -0.39 is 10.0 Å². The monoisotopic (exact) mass is 472 g/mol. The summed E-state index contributed by atoms with van der Waals surface area (Å²) in [6, 6.07) is 6.74. The van der Waals surface area contributed by atoms with Crippen molar-refractivity contribution in [3.63, 3.8) is 0 Å². The van der Waals surface area contributed by atoms with Crippen molar-refractivity contribution in [1.82, 2.24) is 23.8 Å². The van der Waals surface area contributed by atoms with Crippen LogP contribution in [-0.2, 0) is 10.0 Å². The van der Waals surface area contributed by atoms with Crippen LogP contribution in [0.25, 0.3) is 5.82 Å². The van der Waals surface area contributed by atoms with E-state index in [4.69, 9.17) is 9.47 Å².